The summed E-state index contributed by atoms with van der Waals surface area (Å²) in [4.78, 5) is 66.5. The van der Waals surface area contributed by atoms with E-state index in [-0.39, 0.29) is 37.2 Å². The number of fused-ring (bicyclic) bond motifs is 2. The lowest BCUT2D eigenvalue weighted by Gasteiger charge is -2.31. The van der Waals surface area contributed by atoms with Crippen molar-refractivity contribution in [3.05, 3.63) is 70.8 Å². The van der Waals surface area contributed by atoms with Crippen molar-refractivity contribution in [1.29, 1.82) is 0 Å². The maximum Gasteiger partial charge on any atom is 0.326 e. The molecule has 0 saturated heterocycles. The fraction of sp³-hybridized carbons (Fsp3) is 0.433. The van der Waals surface area contributed by atoms with E-state index in [2.05, 4.69) is 17.9 Å². The summed E-state index contributed by atoms with van der Waals surface area (Å²) in [5, 5.41) is 12.0. The minimum absolute atomic E-state index is 0.0579. The summed E-state index contributed by atoms with van der Waals surface area (Å²) in [5.41, 5.74) is 2.55. The van der Waals surface area contributed by atoms with E-state index in [0.29, 0.717) is 36.8 Å². The number of nitrogens with one attached hydrogen (secondary N) is 1. The molecule has 9 nitrogen and oxygen atoms in total. The number of carbonyl (C=O) groups is 5. The van der Waals surface area contributed by atoms with E-state index in [1.54, 1.807) is 24.3 Å². The lowest BCUT2D eigenvalue weighted by atomic mass is 10.0. The molecule has 212 valence electrons. The highest BCUT2D eigenvalue weighted by Gasteiger charge is 2.38. The molecule has 2 aliphatic heterocycles. The molecule has 2 N–H and O–H groups in total. The van der Waals surface area contributed by atoms with Gasteiger partial charge in [0, 0.05) is 19.5 Å². The van der Waals surface area contributed by atoms with Crippen LogP contribution in [-0.4, -0.2) is 68.4 Å². The van der Waals surface area contributed by atoms with Crippen LogP contribution in [0.15, 0.2) is 48.5 Å². The lowest BCUT2D eigenvalue weighted by Crippen LogP contribution is -2.54. The Bertz CT molecular complexity index is 1280. The van der Waals surface area contributed by atoms with Crippen molar-refractivity contribution in [2.24, 2.45) is 5.92 Å². The molecule has 2 aliphatic rings. The predicted molar refractivity (Wildman–Crippen MR) is 152 cm³/mol. The number of rotatable bonds is 11. The number of unbranched alkanes of at least 4 members (excludes halogenated alkanes) is 1. The second kappa shape index (κ2) is 12.7. The average Bonchev–Trinajstić information content (AvgIpc) is 3.07. The molecular weight excluding hydrogens is 530 g/mol. The van der Waals surface area contributed by atoms with Gasteiger partial charge in [0.05, 0.1) is 16.4 Å². The number of thiol groups is 1. The van der Waals surface area contributed by atoms with Crippen LogP contribution in [0.5, 0.6) is 0 Å². The third-order valence-electron chi connectivity index (χ3n) is 7.43. The largest absolute Gasteiger partial charge is 0.480 e. The summed E-state index contributed by atoms with van der Waals surface area (Å²) in [6, 6.07) is 12.3. The van der Waals surface area contributed by atoms with Crippen molar-refractivity contribution in [2.45, 2.75) is 69.8 Å². The van der Waals surface area contributed by atoms with Crippen LogP contribution in [0.25, 0.3) is 0 Å². The van der Waals surface area contributed by atoms with Gasteiger partial charge < -0.3 is 15.3 Å². The Labute approximate surface area is 239 Å². The first-order valence-electron chi connectivity index (χ1n) is 13.6. The Morgan fingerprint density at radius 3 is 2.17 bits per heavy atom. The maximum atomic E-state index is 13.6. The standard InChI is InChI=1S/C30H35N3O6S/c1-18(2)15-24(30(38)39)33-17-20-10-4-3-9-19(20)16-23(29(33)37)31-26(34)25(40)13-7-8-14-32-27(35)21-11-5-6-12-22(21)28(32)36/h3-6,9-12,18,23-25,40H,7-8,13-17H2,1-2H3,(H,31,34)(H,38,39). The summed E-state index contributed by atoms with van der Waals surface area (Å²) >= 11 is 4.46. The number of aliphatic carboxylic acids is 1. The minimum atomic E-state index is -1.07. The molecule has 0 bridgehead atoms. The van der Waals surface area contributed by atoms with Crippen LogP contribution in [0.3, 0.4) is 0 Å². The molecule has 3 unspecified atom stereocenters. The van der Waals surface area contributed by atoms with Crippen molar-refractivity contribution in [3.63, 3.8) is 0 Å². The molecule has 0 fully saturated rings. The van der Waals surface area contributed by atoms with Gasteiger partial charge in [0.2, 0.25) is 11.8 Å². The first-order chi connectivity index (χ1) is 19.1. The molecule has 0 radical (unpaired) electrons. The van der Waals surface area contributed by atoms with E-state index in [1.807, 2.05) is 38.1 Å². The first-order valence-corrected chi connectivity index (χ1v) is 14.1. The van der Waals surface area contributed by atoms with Crippen LogP contribution >= 0.6 is 12.6 Å². The van der Waals surface area contributed by atoms with E-state index in [4.69, 9.17) is 0 Å². The maximum absolute atomic E-state index is 13.6. The molecule has 0 spiro atoms. The number of carboxylic acids is 1. The number of amides is 4. The second-order valence-corrected chi connectivity index (χ2v) is 11.4. The average molecular weight is 566 g/mol. The van der Waals surface area contributed by atoms with Crippen molar-refractivity contribution >= 4 is 42.2 Å². The fourth-order valence-electron chi connectivity index (χ4n) is 5.31. The Balaban J connectivity index is 1.37. The van der Waals surface area contributed by atoms with E-state index < -0.39 is 35.1 Å². The van der Waals surface area contributed by atoms with Crippen LogP contribution in [-0.2, 0) is 27.3 Å². The monoisotopic (exact) mass is 565 g/mol. The number of carbonyl (C=O) groups excluding carboxylic acids is 4. The zero-order valence-electron chi connectivity index (χ0n) is 22.7. The Kier molecular flexibility index (Phi) is 9.29. The summed E-state index contributed by atoms with van der Waals surface area (Å²) < 4.78 is 0. The SMILES string of the molecule is CC(C)CC(C(=O)O)N1Cc2ccccc2CC(NC(=O)C(S)CCCCN2C(=O)c3ccccc3C2=O)C1=O. The highest BCUT2D eigenvalue weighted by Crippen LogP contribution is 2.25. The van der Waals surface area contributed by atoms with Crippen LogP contribution in [0.1, 0.15) is 71.4 Å². The van der Waals surface area contributed by atoms with Crippen molar-refractivity contribution in [1.82, 2.24) is 15.1 Å². The lowest BCUT2D eigenvalue weighted by molar-refractivity contribution is -0.152. The Hall–Kier alpha value is -3.66. The molecule has 0 saturated carbocycles. The van der Waals surface area contributed by atoms with Gasteiger partial charge in [-0.05, 0) is 48.4 Å². The van der Waals surface area contributed by atoms with Gasteiger partial charge in [0.1, 0.15) is 12.1 Å². The summed E-state index contributed by atoms with van der Waals surface area (Å²) in [6.07, 6.45) is 1.98. The van der Waals surface area contributed by atoms with Crippen molar-refractivity contribution in [2.75, 3.05) is 6.54 Å². The molecule has 2 heterocycles. The number of benzene rings is 2. The van der Waals surface area contributed by atoms with Crippen molar-refractivity contribution < 1.29 is 29.1 Å². The van der Waals surface area contributed by atoms with E-state index in [9.17, 15) is 29.1 Å². The van der Waals surface area contributed by atoms with Gasteiger partial charge in [-0.1, -0.05) is 56.7 Å². The van der Waals surface area contributed by atoms with Gasteiger partial charge in [-0.3, -0.25) is 24.1 Å². The zero-order chi connectivity index (χ0) is 29.0. The van der Waals surface area contributed by atoms with Gasteiger partial charge in [-0.2, -0.15) is 12.6 Å². The molecule has 10 heteroatoms. The summed E-state index contributed by atoms with van der Waals surface area (Å²) in [6.45, 7) is 4.22. The van der Waals surface area contributed by atoms with Gasteiger partial charge in [0.15, 0.2) is 0 Å². The van der Waals surface area contributed by atoms with Gasteiger partial charge in [0.25, 0.3) is 11.8 Å². The Morgan fingerprint density at radius 2 is 1.57 bits per heavy atom. The number of nitrogens with zero attached hydrogens (tertiary/aromatic N) is 2. The number of hydrogen-bond donors (Lipinski definition) is 3. The molecule has 4 rings (SSSR count). The fourth-order valence-corrected chi connectivity index (χ4v) is 5.57. The van der Waals surface area contributed by atoms with Gasteiger partial charge in [-0.15, -0.1) is 0 Å². The molecule has 40 heavy (non-hydrogen) atoms. The molecule has 4 amide bonds. The van der Waals surface area contributed by atoms with Crippen LogP contribution in [0, 0.1) is 5.92 Å². The Morgan fingerprint density at radius 1 is 0.975 bits per heavy atom. The van der Waals surface area contributed by atoms with E-state index in [1.165, 1.54) is 9.80 Å². The normalized spacial score (nSPS) is 18.3. The third kappa shape index (κ3) is 6.38. The first kappa shape index (κ1) is 29.3. The van der Waals surface area contributed by atoms with Crippen LogP contribution < -0.4 is 5.32 Å². The van der Waals surface area contributed by atoms with Crippen LogP contribution in [0.4, 0.5) is 0 Å². The molecule has 0 aliphatic carbocycles. The molecular formula is C30H35N3O6S. The minimum Gasteiger partial charge on any atom is -0.480 e. The number of hydrogen-bond acceptors (Lipinski definition) is 6. The second-order valence-electron chi connectivity index (χ2n) is 10.8. The smallest absolute Gasteiger partial charge is 0.326 e. The highest BCUT2D eigenvalue weighted by molar-refractivity contribution is 7.81. The molecule has 0 aromatic heterocycles. The highest BCUT2D eigenvalue weighted by atomic mass is 32.1. The zero-order valence-corrected chi connectivity index (χ0v) is 23.6. The number of imide groups is 1. The van der Waals surface area contributed by atoms with E-state index >= 15 is 0 Å². The van der Waals surface area contributed by atoms with Crippen LogP contribution in [0.2, 0.25) is 0 Å². The van der Waals surface area contributed by atoms with Gasteiger partial charge >= 0.3 is 5.97 Å². The predicted octanol–water partition coefficient (Wildman–Crippen LogP) is 3.32. The van der Waals surface area contributed by atoms with Crippen molar-refractivity contribution in [3.8, 4) is 0 Å². The number of carboxylic acid groups (broad SMARTS) is 1. The third-order valence-corrected chi connectivity index (χ3v) is 7.92. The molecule has 3 atom stereocenters. The van der Waals surface area contributed by atoms with Gasteiger partial charge in [-0.25, -0.2) is 4.79 Å². The topological polar surface area (TPSA) is 124 Å². The summed E-state index contributed by atoms with van der Waals surface area (Å²) in [5.74, 6) is -2.48. The molecule has 2 aromatic carbocycles. The molecule has 2 aromatic rings. The summed E-state index contributed by atoms with van der Waals surface area (Å²) in [7, 11) is 0. The van der Waals surface area contributed by atoms with E-state index in [0.717, 1.165) is 11.1 Å². The quantitative estimate of drug-likeness (QED) is 0.218.